The number of anilines is 1. The van der Waals surface area contributed by atoms with Crippen LogP contribution in [0.2, 0.25) is 0 Å². The molecule has 156 valence electrons. The first-order chi connectivity index (χ1) is 14.5. The number of rotatable bonds is 8. The number of hydrogen-bond donors (Lipinski definition) is 2. The standard InChI is InChI=1S/C19H20N6O5/c1-28-14-6-12(7-15(29-2)18(14)30-3)19(27)22-9-17(26)24-13-4-5-16(21-8-13)25-11-20-10-23-25/h4-8,10-11H,9H2,1-3H3,(H,22,27)(H,24,26). The molecular formula is C19H20N6O5. The second-order valence-electron chi connectivity index (χ2n) is 5.89. The van der Waals surface area contributed by atoms with Crippen molar-refractivity contribution in [2.75, 3.05) is 33.2 Å². The fourth-order valence-corrected chi connectivity index (χ4v) is 2.60. The minimum absolute atomic E-state index is 0.236. The number of nitrogens with zero attached hydrogens (tertiary/aromatic N) is 4. The van der Waals surface area contributed by atoms with Crippen LogP contribution in [-0.2, 0) is 4.79 Å². The number of carbonyl (C=O) groups is 2. The Morgan fingerprint density at radius 3 is 2.33 bits per heavy atom. The Hall–Kier alpha value is -4.15. The van der Waals surface area contributed by atoms with Crippen LogP contribution in [0.5, 0.6) is 17.2 Å². The van der Waals surface area contributed by atoms with Crippen molar-refractivity contribution in [3.8, 4) is 23.1 Å². The highest BCUT2D eigenvalue weighted by Gasteiger charge is 2.17. The van der Waals surface area contributed by atoms with Crippen molar-refractivity contribution in [3.05, 3.63) is 48.7 Å². The van der Waals surface area contributed by atoms with Gasteiger partial charge in [0.25, 0.3) is 5.91 Å². The van der Waals surface area contributed by atoms with Crippen molar-refractivity contribution >= 4 is 17.5 Å². The Labute approximate surface area is 172 Å². The Morgan fingerprint density at radius 2 is 1.80 bits per heavy atom. The number of benzene rings is 1. The van der Waals surface area contributed by atoms with Crippen LogP contribution in [0.15, 0.2) is 43.1 Å². The summed E-state index contributed by atoms with van der Waals surface area (Å²) in [5.41, 5.74) is 0.738. The first-order valence-corrected chi connectivity index (χ1v) is 8.74. The van der Waals surface area contributed by atoms with Crippen LogP contribution < -0.4 is 24.8 Å². The third-order valence-corrected chi connectivity index (χ3v) is 4.02. The summed E-state index contributed by atoms with van der Waals surface area (Å²) in [6, 6.07) is 6.35. The van der Waals surface area contributed by atoms with Crippen molar-refractivity contribution in [2.45, 2.75) is 0 Å². The van der Waals surface area contributed by atoms with Crippen molar-refractivity contribution in [2.24, 2.45) is 0 Å². The average molecular weight is 412 g/mol. The highest BCUT2D eigenvalue weighted by molar-refractivity contribution is 6.00. The summed E-state index contributed by atoms with van der Waals surface area (Å²) in [4.78, 5) is 32.6. The second kappa shape index (κ2) is 9.37. The molecule has 0 bridgehead atoms. The lowest BCUT2D eigenvalue weighted by molar-refractivity contribution is -0.115. The fraction of sp³-hybridized carbons (Fsp3) is 0.211. The lowest BCUT2D eigenvalue weighted by Gasteiger charge is -2.14. The van der Waals surface area contributed by atoms with E-state index in [9.17, 15) is 9.59 Å². The highest BCUT2D eigenvalue weighted by Crippen LogP contribution is 2.38. The molecule has 11 nitrogen and oxygen atoms in total. The molecule has 2 amide bonds. The van der Waals surface area contributed by atoms with Crippen LogP contribution in [0, 0.1) is 0 Å². The zero-order chi connectivity index (χ0) is 21.5. The van der Waals surface area contributed by atoms with Crippen LogP contribution >= 0.6 is 0 Å². The third-order valence-electron chi connectivity index (χ3n) is 4.02. The summed E-state index contributed by atoms with van der Waals surface area (Å²) in [5, 5.41) is 9.17. The maximum atomic E-state index is 12.4. The van der Waals surface area contributed by atoms with Crippen LogP contribution in [0.1, 0.15) is 10.4 Å². The molecule has 30 heavy (non-hydrogen) atoms. The Balaban J connectivity index is 1.60. The molecule has 0 radical (unpaired) electrons. The summed E-state index contributed by atoms with van der Waals surface area (Å²) in [7, 11) is 4.38. The zero-order valence-electron chi connectivity index (χ0n) is 16.6. The van der Waals surface area contributed by atoms with Crippen molar-refractivity contribution in [1.29, 1.82) is 0 Å². The molecule has 3 aromatic rings. The maximum absolute atomic E-state index is 12.4. The first-order valence-electron chi connectivity index (χ1n) is 8.74. The van der Waals surface area contributed by atoms with Gasteiger partial charge in [-0.05, 0) is 24.3 Å². The topological polar surface area (TPSA) is 129 Å². The average Bonchev–Trinajstić information content (AvgIpc) is 3.31. The van der Waals surface area contributed by atoms with Crippen molar-refractivity contribution in [3.63, 3.8) is 0 Å². The van der Waals surface area contributed by atoms with Crippen molar-refractivity contribution in [1.82, 2.24) is 25.1 Å². The Kier molecular flexibility index (Phi) is 6.42. The zero-order valence-corrected chi connectivity index (χ0v) is 16.6. The summed E-state index contributed by atoms with van der Waals surface area (Å²) in [6.45, 7) is -0.236. The molecular weight excluding hydrogens is 392 g/mol. The summed E-state index contributed by atoms with van der Waals surface area (Å²) in [6.07, 6.45) is 4.39. The van der Waals surface area contributed by atoms with E-state index in [1.54, 1.807) is 12.1 Å². The number of methoxy groups -OCH3 is 3. The largest absolute Gasteiger partial charge is 0.493 e. The van der Waals surface area contributed by atoms with E-state index in [1.807, 2.05) is 0 Å². The van der Waals surface area contributed by atoms with E-state index in [0.29, 0.717) is 28.8 Å². The van der Waals surface area contributed by atoms with E-state index in [2.05, 4.69) is 25.7 Å². The van der Waals surface area contributed by atoms with Gasteiger partial charge in [0.05, 0.1) is 39.8 Å². The van der Waals surface area contributed by atoms with Crippen LogP contribution in [0.25, 0.3) is 5.82 Å². The molecule has 1 aromatic carbocycles. The van der Waals surface area contributed by atoms with Gasteiger partial charge in [-0.25, -0.2) is 14.6 Å². The van der Waals surface area contributed by atoms with E-state index in [-0.39, 0.29) is 12.1 Å². The Morgan fingerprint density at radius 1 is 1.07 bits per heavy atom. The minimum Gasteiger partial charge on any atom is -0.493 e. The molecule has 0 saturated carbocycles. The normalized spacial score (nSPS) is 10.2. The van der Waals surface area contributed by atoms with Crippen LogP contribution in [-0.4, -0.2) is 59.4 Å². The van der Waals surface area contributed by atoms with Gasteiger partial charge in [0.2, 0.25) is 11.7 Å². The van der Waals surface area contributed by atoms with Gasteiger partial charge in [0.1, 0.15) is 12.7 Å². The summed E-state index contributed by atoms with van der Waals surface area (Å²) < 4.78 is 17.2. The molecule has 0 atom stereocenters. The molecule has 0 aliphatic carbocycles. The van der Waals surface area contributed by atoms with Gasteiger partial charge in [0, 0.05) is 5.56 Å². The molecule has 0 unspecified atom stereocenters. The number of aromatic nitrogens is 4. The first kappa shape index (κ1) is 20.6. The van der Waals surface area contributed by atoms with E-state index >= 15 is 0 Å². The van der Waals surface area contributed by atoms with Gasteiger partial charge in [-0.2, -0.15) is 5.10 Å². The summed E-state index contributed by atoms with van der Waals surface area (Å²) >= 11 is 0. The van der Waals surface area contributed by atoms with E-state index in [1.165, 1.54) is 57.0 Å². The lowest BCUT2D eigenvalue weighted by atomic mass is 10.1. The number of pyridine rings is 1. The molecule has 0 aliphatic heterocycles. The number of carbonyl (C=O) groups excluding carboxylic acids is 2. The number of hydrogen-bond acceptors (Lipinski definition) is 8. The molecule has 0 spiro atoms. The monoisotopic (exact) mass is 412 g/mol. The lowest BCUT2D eigenvalue weighted by Crippen LogP contribution is -2.32. The van der Waals surface area contributed by atoms with Gasteiger partial charge in [-0.1, -0.05) is 0 Å². The van der Waals surface area contributed by atoms with E-state index in [0.717, 1.165) is 0 Å². The van der Waals surface area contributed by atoms with Crippen LogP contribution in [0.4, 0.5) is 5.69 Å². The molecule has 2 heterocycles. The SMILES string of the molecule is COc1cc(C(=O)NCC(=O)Nc2ccc(-n3cncn3)nc2)cc(OC)c1OC. The third kappa shape index (κ3) is 4.63. The quantitative estimate of drug-likeness (QED) is 0.562. The smallest absolute Gasteiger partial charge is 0.251 e. The number of amides is 2. The second-order valence-corrected chi connectivity index (χ2v) is 5.89. The fourth-order valence-electron chi connectivity index (χ4n) is 2.60. The van der Waals surface area contributed by atoms with Gasteiger partial charge >= 0.3 is 0 Å². The number of ether oxygens (including phenoxy) is 3. The number of nitrogens with one attached hydrogen (secondary N) is 2. The predicted octanol–water partition coefficient (Wildman–Crippen LogP) is 1.06. The molecule has 11 heteroatoms. The van der Waals surface area contributed by atoms with Crippen LogP contribution in [0.3, 0.4) is 0 Å². The minimum atomic E-state index is -0.468. The van der Waals surface area contributed by atoms with Gasteiger partial charge in [-0.15, -0.1) is 0 Å². The molecule has 0 saturated heterocycles. The van der Waals surface area contributed by atoms with Gasteiger partial charge in [0.15, 0.2) is 17.3 Å². The Bertz CT molecular complexity index is 995. The van der Waals surface area contributed by atoms with E-state index in [4.69, 9.17) is 14.2 Å². The molecule has 0 fully saturated rings. The predicted molar refractivity (Wildman–Crippen MR) is 106 cm³/mol. The van der Waals surface area contributed by atoms with Gasteiger partial charge < -0.3 is 24.8 Å². The van der Waals surface area contributed by atoms with Gasteiger partial charge in [-0.3, -0.25) is 9.59 Å². The molecule has 0 aliphatic rings. The summed E-state index contributed by atoms with van der Waals surface area (Å²) in [5.74, 6) is 0.725. The van der Waals surface area contributed by atoms with E-state index < -0.39 is 11.8 Å². The molecule has 2 N–H and O–H groups in total. The molecule has 3 rings (SSSR count). The van der Waals surface area contributed by atoms with Crippen molar-refractivity contribution < 1.29 is 23.8 Å². The highest BCUT2D eigenvalue weighted by atomic mass is 16.5. The molecule has 2 aromatic heterocycles. The maximum Gasteiger partial charge on any atom is 0.251 e.